The Kier molecular flexibility index (Phi) is 3.92. The molecule has 0 unspecified atom stereocenters. The minimum Gasteiger partial charge on any atom is -0.506 e. The van der Waals surface area contributed by atoms with Crippen LogP contribution in [0.15, 0.2) is 46.9 Å². The topological polar surface area (TPSA) is 32.3 Å². The zero-order chi connectivity index (χ0) is 12.3. The molecule has 0 aliphatic carbocycles. The van der Waals surface area contributed by atoms with Crippen molar-refractivity contribution < 1.29 is 5.11 Å². The van der Waals surface area contributed by atoms with Crippen LogP contribution in [-0.4, -0.2) is 5.11 Å². The van der Waals surface area contributed by atoms with Gasteiger partial charge < -0.3 is 10.4 Å². The smallest absolute Gasteiger partial charge is 0.139 e. The number of anilines is 1. The molecule has 17 heavy (non-hydrogen) atoms. The lowest BCUT2D eigenvalue weighted by Crippen LogP contribution is -2.00. The highest BCUT2D eigenvalue weighted by molar-refractivity contribution is 9.10. The fourth-order valence-corrected chi connectivity index (χ4v) is 2.12. The molecule has 88 valence electrons. The van der Waals surface area contributed by atoms with E-state index in [0.29, 0.717) is 11.6 Å². The normalized spacial score (nSPS) is 10.2. The van der Waals surface area contributed by atoms with Gasteiger partial charge in [-0.1, -0.05) is 35.9 Å². The van der Waals surface area contributed by atoms with Gasteiger partial charge in [-0.05, 0) is 34.1 Å². The van der Waals surface area contributed by atoms with Gasteiger partial charge in [-0.25, -0.2) is 0 Å². The fraction of sp³-hybridized carbons (Fsp3) is 0.0769. The Morgan fingerprint density at radius 2 is 1.88 bits per heavy atom. The van der Waals surface area contributed by atoms with Crippen molar-refractivity contribution in [2.75, 3.05) is 5.32 Å². The highest BCUT2D eigenvalue weighted by Crippen LogP contribution is 2.28. The Morgan fingerprint density at radius 3 is 2.65 bits per heavy atom. The van der Waals surface area contributed by atoms with Gasteiger partial charge in [-0.2, -0.15) is 0 Å². The molecular weight excluding hydrogens is 302 g/mol. The summed E-state index contributed by atoms with van der Waals surface area (Å²) in [5.74, 6) is 0.133. The second-order valence-electron chi connectivity index (χ2n) is 3.58. The Balaban J connectivity index is 2.13. The van der Waals surface area contributed by atoms with Crippen molar-refractivity contribution in [1.82, 2.24) is 0 Å². The average Bonchev–Trinajstić information content (AvgIpc) is 2.33. The molecule has 2 aromatic rings. The summed E-state index contributed by atoms with van der Waals surface area (Å²) in [6.07, 6.45) is 0. The Morgan fingerprint density at radius 1 is 1.12 bits per heavy atom. The molecule has 0 atom stereocenters. The van der Waals surface area contributed by atoms with Crippen molar-refractivity contribution in [3.05, 3.63) is 57.5 Å². The molecule has 0 radical (unpaired) electrons. The number of aromatic hydroxyl groups is 1. The molecule has 0 aliphatic rings. The molecule has 0 saturated carbocycles. The Hall–Kier alpha value is -1.19. The van der Waals surface area contributed by atoms with E-state index in [0.717, 1.165) is 15.7 Å². The summed E-state index contributed by atoms with van der Waals surface area (Å²) in [7, 11) is 0. The number of phenols is 1. The Bertz CT molecular complexity index is 531. The molecule has 2 N–H and O–H groups in total. The van der Waals surface area contributed by atoms with Crippen LogP contribution in [0.4, 0.5) is 5.69 Å². The summed E-state index contributed by atoms with van der Waals surface area (Å²) in [6, 6.07) is 13.1. The molecule has 2 aromatic carbocycles. The molecule has 0 fully saturated rings. The van der Waals surface area contributed by atoms with E-state index in [1.165, 1.54) is 0 Å². The van der Waals surface area contributed by atoms with Gasteiger partial charge in [0, 0.05) is 22.3 Å². The summed E-state index contributed by atoms with van der Waals surface area (Å²) in [5.41, 5.74) is 1.75. The van der Waals surface area contributed by atoms with Gasteiger partial charge >= 0.3 is 0 Å². The molecular formula is C13H11BrClNO. The van der Waals surface area contributed by atoms with Crippen LogP contribution in [0.2, 0.25) is 5.02 Å². The number of rotatable bonds is 3. The highest BCUT2D eigenvalue weighted by Gasteiger charge is 2.05. The van der Waals surface area contributed by atoms with Crippen LogP contribution in [0, 0.1) is 0 Å². The van der Waals surface area contributed by atoms with Crippen LogP contribution in [0.3, 0.4) is 0 Å². The third kappa shape index (κ3) is 2.93. The lowest BCUT2D eigenvalue weighted by molar-refractivity contribution is 0.469. The molecule has 0 amide bonds. The average molecular weight is 313 g/mol. The van der Waals surface area contributed by atoms with Crippen molar-refractivity contribution in [3.63, 3.8) is 0 Å². The molecule has 0 heterocycles. The number of benzene rings is 2. The van der Waals surface area contributed by atoms with Crippen LogP contribution in [-0.2, 0) is 6.54 Å². The largest absolute Gasteiger partial charge is 0.506 e. The summed E-state index contributed by atoms with van der Waals surface area (Å²) in [6.45, 7) is 0.523. The van der Waals surface area contributed by atoms with E-state index in [2.05, 4.69) is 21.2 Å². The minimum atomic E-state index is 0.133. The predicted octanol–water partition coefficient (Wildman–Crippen LogP) is 4.42. The summed E-state index contributed by atoms with van der Waals surface area (Å²) < 4.78 is 0.988. The first kappa shape index (κ1) is 12.3. The molecule has 4 heteroatoms. The van der Waals surface area contributed by atoms with Gasteiger partial charge in [0.05, 0.1) is 5.02 Å². The van der Waals surface area contributed by atoms with E-state index >= 15 is 0 Å². The van der Waals surface area contributed by atoms with Gasteiger partial charge in [-0.15, -0.1) is 0 Å². The number of halogens is 2. The maximum atomic E-state index is 9.76. The monoisotopic (exact) mass is 311 g/mol. The second-order valence-corrected chi connectivity index (χ2v) is 4.84. The van der Waals surface area contributed by atoms with Crippen molar-refractivity contribution in [1.29, 1.82) is 0 Å². The maximum Gasteiger partial charge on any atom is 0.139 e. The van der Waals surface area contributed by atoms with Gasteiger partial charge in [-0.3, -0.25) is 0 Å². The number of nitrogens with one attached hydrogen (secondary N) is 1. The lowest BCUT2D eigenvalue weighted by atomic mass is 10.2. The number of hydrogen-bond acceptors (Lipinski definition) is 2. The minimum absolute atomic E-state index is 0.133. The number of para-hydroxylation sites is 2. The maximum absolute atomic E-state index is 9.76. The van der Waals surface area contributed by atoms with E-state index in [4.69, 9.17) is 11.6 Å². The molecule has 0 saturated heterocycles. The predicted molar refractivity (Wildman–Crippen MR) is 74.6 cm³/mol. The molecule has 2 rings (SSSR count). The van der Waals surface area contributed by atoms with E-state index in [1.807, 2.05) is 36.4 Å². The van der Waals surface area contributed by atoms with Crippen LogP contribution in [0.1, 0.15) is 5.56 Å². The van der Waals surface area contributed by atoms with Crippen molar-refractivity contribution in [3.8, 4) is 5.75 Å². The molecule has 2 nitrogen and oxygen atoms in total. The first-order valence-corrected chi connectivity index (χ1v) is 6.30. The SMILES string of the molecule is Oc1c(Cl)cccc1CNc1ccccc1Br. The zero-order valence-electron chi connectivity index (χ0n) is 8.95. The molecule has 0 aromatic heterocycles. The third-order valence-electron chi connectivity index (χ3n) is 2.41. The summed E-state index contributed by atoms with van der Waals surface area (Å²) >= 11 is 9.29. The van der Waals surface area contributed by atoms with Crippen molar-refractivity contribution in [2.24, 2.45) is 0 Å². The Labute approximate surface area is 113 Å². The number of hydrogen-bond donors (Lipinski definition) is 2. The summed E-state index contributed by atoms with van der Waals surface area (Å²) in [5, 5.41) is 13.4. The first-order valence-electron chi connectivity index (χ1n) is 5.13. The van der Waals surface area contributed by atoms with Crippen LogP contribution in [0.5, 0.6) is 5.75 Å². The first-order chi connectivity index (χ1) is 8.18. The molecule has 0 bridgehead atoms. The standard InChI is InChI=1S/C13H11BrClNO/c14-10-5-1-2-7-12(10)16-8-9-4-3-6-11(15)13(9)17/h1-7,16-17H,8H2. The number of phenolic OH excluding ortho intramolecular Hbond substituents is 1. The van der Waals surface area contributed by atoms with Crippen LogP contribution < -0.4 is 5.32 Å². The van der Waals surface area contributed by atoms with Crippen molar-refractivity contribution in [2.45, 2.75) is 6.54 Å². The molecule has 0 spiro atoms. The fourth-order valence-electron chi connectivity index (χ4n) is 1.50. The van der Waals surface area contributed by atoms with E-state index in [-0.39, 0.29) is 5.75 Å². The van der Waals surface area contributed by atoms with Crippen LogP contribution >= 0.6 is 27.5 Å². The van der Waals surface area contributed by atoms with Gasteiger partial charge in [0.2, 0.25) is 0 Å². The molecule has 0 aliphatic heterocycles. The zero-order valence-corrected chi connectivity index (χ0v) is 11.3. The summed E-state index contributed by atoms with van der Waals surface area (Å²) in [4.78, 5) is 0. The van der Waals surface area contributed by atoms with E-state index < -0.39 is 0 Å². The van der Waals surface area contributed by atoms with Gasteiger partial charge in [0.25, 0.3) is 0 Å². The lowest BCUT2D eigenvalue weighted by Gasteiger charge is -2.10. The quantitative estimate of drug-likeness (QED) is 0.879. The highest BCUT2D eigenvalue weighted by atomic mass is 79.9. The second kappa shape index (κ2) is 5.43. The van der Waals surface area contributed by atoms with Gasteiger partial charge in [0.15, 0.2) is 0 Å². The van der Waals surface area contributed by atoms with Gasteiger partial charge in [0.1, 0.15) is 5.75 Å². The van der Waals surface area contributed by atoms with E-state index in [9.17, 15) is 5.11 Å². The van der Waals surface area contributed by atoms with Crippen molar-refractivity contribution >= 4 is 33.2 Å². The van der Waals surface area contributed by atoms with Crippen LogP contribution in [0.25, 0.3) is 0 Å². The van der Waals surface area contributed by atoms with E-state index in [1.54, 1.807) is 6.07 Å². The third-order valence-corrected chi connectivity index (χ3v) is 3.41.